The van der Waals surface area contributed by atoms with Crippen LogP contribution in [0.25, 0.3) is 11.1 Å². The van der Waals surface area contributed by atoms with Gasteiger partial charge in [0.2, 0.25) is 0 Å². The van der Waals surface area contributed by atoms with Crippen molar-refractivity contribution in [2.24, 2.45) is 11.3 Å². The SMILES string of the molecule is C=C(C)C(=O)OCC(COC(=O)CC(C)=O)(COC(=O)CC(C)=O)COc1ccc(-c2ccc(C3CCC(CCCCCC)CC3)cc2F)c(OC(=O)C(=C)C)c1. The van der Waals surface area contributed by atoms with Gasteiger partial charge in [-0.15, -0.1) is 0 Å². The number of hydrogen-bond acceptors (Lipinski definition) is 11. The fourth-order valence-electron chi connectivity index (χ4n) is 6.54. The van der Waals surface area contributed by atoms with E-state index in [1.54, 1.807) is 12.1 Å². The second-order valence-corrected chi connectivity index (χ2v) is 15.4. The van der Waals surface area contributed by atoms with Crippen LogP contribution >= 0.6 is 0 Å². The maximum absolute atomic E-state index is 16.0. The molecule has 57 heavy (non-hydrogen) atoms. The molecule has 0 bridgehead atoms. The van der Waals surface area contributed by atoms with Crippen molar-refractivity contribution in [3.63, 3.8) is 0 Å². The van der Waals surface area contributed by atoms with E-state index in [4.69, 9.17) is 23.7 Å². The smallest absolute Gasteiger partial charge is 0.338 e. The summed E-state index contributed by atoms with van der Waals surface area (Å²) in [6, 6.07) is 9.57. The second kappa shape index (κ2) is 22.6. The van der Waals surface area contributed by atoms with Gasteiger partial charge in [-0.2, -0.15) is 0 Å². The standard InChI is InChI=1S/C45H57FO11/c1-8-9-10-11-12-33-13-15-34(16-14-33)35-17-19-37(39(46)23-35)38-20-18-36(24-40(38)57-44(52)30(4)5)53-25-45(28-56-43(51)29(2)3,26-54-41(49)21-31(6)47)27-55-42(50)22-32(7)48/h17-20,23-24,33-34H,2,4,8-16,21-22,25-28H2,1,3,5-7H3. The molecule has 2 aromatic carbocycles. The van der Waals surface area contributed by atoms with E-state index in [1.165, 1.54) is 78.0 Å². The Balaban J connectivity index is 1.92. The number of benzene rings is 2. The number of ether oxygens (including phenoxy) is 5. The molecule has 1 saturated carbocycles. The zero-order valence-corrected chi connectivity index (χ0v) is 34.0. The first-order chi connectivity index (χ1) is 27.0. The third-order valence-electron chi connectivity index (χ3n) is 9.84. The first-order valence-corrected chi connectivity index (χ1v) is 19.6. The lowest BCUT2D eigenvalue weighted by molar-refractivity contribution is -0.163. The van der Waals surface area contributed by atoms with Crippen LogP contribution in [0.5, 0.6) is 11.5 Å². The normalized spacial score (nSPS) is 15.2. The van der Waals surface area contributed by atoms with Crippen LogP contribution in [0.4, 0.5) is 4.39 Å². The van der Waals surface area contributed by atoms with Crippen LogP contribution in [-0.2, 0) is 43.0 Å². The van der Waals surface area contributed by atoms with E-state index in [0.717, 1.165) is 31.2 Å². The van der Waals surface area contributed by atoms with Crippen molar-refractivity contribution < 1.29 is 56.8 Å². The highest BCUT2D eigenvalue weighted by atomic mass is 19.1. The molecule has 1 fully saturated rings. The van der Waals surface area contributed by atoms with Gasteiger partial charge in [0.25, 0.3) is 0 Å². The van der Waals surface area contributed by atoms with Crippen LogP contribution in [0.3, 0.4) is 0 Å². The molecule has 0 spiro atoms. The number of carbonyl (C=O) groups is 6. The van der Waals surface area contributed by atoms with Gasteiger partial charge in [0.1, 0.15) is 73.6 Å². The molecular weight excluding hydrogens is 735 g/mol. The Morgan fingerprint density at radius 2 is 1.28 bits per heavy atom. The molecule has 0 aliphatic heterocycles. The third-order valence-corrected chi connectivity index (χ3v) is 9.84. The van der Waals surface area contributed by atoms with Gasteiger partial charge >= 0.3 is 23.9 Å². The number of esters is 4. The molecule has 3 rings (SSSR count). The highest BCUT2D eigenvalue weighted by Gasteiger charge is 2.38. The summed E-state index contributed by atoms with van der Waals surface area (Å²) in [6.45, 7) is 12.7. The minimum absolute atomic E-state index is 0.0317. The largest absolute Gasteiger partial charge is 0.492 e. The highest BCUT2D eigenvalue weighted by molar-refractivity contribution is 5.94. The zero-order chi connectivity index (χ0) is 42.1. The summed E-state index contributed by atoms with van der Waals surface area (Å²) in [5, 5.41) is 0. The lowest BCUT2D eigenvalue weighted by Gasteiger charge is -2.32. The molecule has 0 amide bonds. The Hall–Kier alpha value is -5.13. The highest BCUT2D eigenvalue weighted by Crippen LogP contribution is 2.41. The van der Waals surface area contributed by atoms with Gasteiger partial charge in [0.05, 0.1) is 0 Å². The average Bonchev–Trinajstić information content (AvgIpc) is 3.15. The van der Waals surface area contributed by atoms with Crippen molar-refractivity contribution in [2.45, 2.75) is 111 Å². The Morgan fingerprint density at radius 1 is 0.702 bits per heavy atom. The van der Waals surface area contributed by atoms with E-state index in [2.05, 4.69) is 20.1 Å². The van der Waals surface area contributed by atoms with E-state index in [-0.39, 0.29) is 39.7 Å². The molecule has 0 N–H and O–H groups in total. The van der Waals surface area contributed by atoms with Gasteiger partial charge in [0, 0.05) is 28.3 Å². The first-order valence-electron chi connectivity index (χ1n) is 19.6. The number of carbonyl (C=O) groups excluding carboxylic acids is 6. The van der Waals surface area contributed by atoms with E-state index < -0.39 is 85.9 Å². The van der Waals surface area contributed by atoms with E-state index in [1.807, 2.05) is 6.07 Å². The number of ketones is 2. The third kappa shape index (κ3) is 15.4. The fraction of sp³-hybridized carbons (Fsp3) is 0.511. The number of Topliss-reactive ketones (excluding diaryl/α,β-unsaturated/α-hetero) is 2. The molecular formula is C45H57FO11. The molecule has 0 saturated heterocycles. The summed E-state index contributed by atoms with van der Waals surface area (Å²) < 4.78 is 43.9. The maximum atomic E-state index is 16.0. The summed E-state index contributed by atoms with van der Waals surface area (Å²) in [6.07, 6.45) is 9.45. The maximum Gasteiger partial charge on any atom is 0.338 e. The van der Waals surface area contributed by atoms with Crippen molar-refractivity contribution in [1.29, 1.82) is 0 Å². The van der Waals surface area contributed by atoms with Gasteiger partial charge in [-0.1, -0.05) is 64.3 Å². The number of unbranched alkanes of at least 4 members (excludes halogenated alkanes) is 3. The van der Waals surface area contributed by atoms with Crippen LogP contribution in [0.15, 0.2) is 60.7 Å². The lowest BCUT2D eigenvalue weighted by atomic mass is 9.77. The summed E-state index contributed by atoms with van der Waals surface area (Å²) >= 11 is 0. The van der Waals surface area contributed by atoms with Crippen molar-refractivity contribution in [3.05, 3.63) is 72.1 Å². The van der Waals surface area contributed by atoms with Crippen molar-refractivity contribution >= 4 is 35.4 Å². The summed E-state index contributed by atoms with van der Waals surface area (Å²) in [4.78, 5) is 73.3. The van der Waals surface area contributed by atoms with Gasteiger partial charge < -0.3 is 23.7 Å². The Labute approximate surface area is 335 Å². The van der Waals surface area contributed by atoms with E-state index >= 15 is 4.39 Å². The Kier molecular flexibility index (Phi) is 18.3. The molecule has 11 nitrogen and oxygen atoms in total. The molecule has 2 aromatic rings. The molecule has 0 heterocycles. The lowest BCUT2D eigenvalue weighted by Crippen LogP contribution is -2.44. The fourth-order valence-corrected chi connectivity index (χ4v) is 6.54. The van der Waals surface area contributed by atoms with Gasteiger partial charge in [-0.05, 0) is 89.0 Å². The number of hydrogen-bond donors (Lipinski definition) is 0. The number of halogens is 1. The van der Waals surface area contributed by atoms with Crippen LogP contribution in [0.1, 0.15) is 117 Å². The van der Waals surface area contributed by atoms with Crippen LogP contribution in [0, 0.1) is 17.2 Å². The summed E-state index contributed by atoms with van der Waals surface area (Å²) in [7, 11) is 0. The summed E-state index contributed by atoms with van der Waals surface area (Å²) in [5.74, 6) is -3.66. The molecule has 0 aromatic heterocycles. The minimum atomic E-state index is -1.56. The zero-order valence-electron chi connectivity index (χ0n) is 34.0. The van der Waals surface area contributed by atoms with Gasteiger partial charge in [0.15, 0.2) is 0 Å². The number of rotatable bonds is 23. The first kappa shape index (κ1) is 46.3. The van der Waals surface area contributed by atoms with E-state index in [9.17, 15) is 28.8 Å². The van der Waals surface area contributed by atoms with E-state index in [0.29, 0.717) is 5.92 Å². The molecule has 310 valence electrons. The van der Waals surface area contributed by atoms with Crippen molar-refractivity contribution in [2.75, 3.05) is 26.4 Å². The topological polar surface area (TPSA) is 149 Å². The Bertz CT molecular complexity index is 1750. The molecule has 0 atom stereocenters. The summed E-state index contributed by atoms with van der Waals surface area (Å²) in [5.41, 5.74) is 0.00481. The predicted octanol–water partition coefficient (Wildman–Crippen LogP) is 8.75. The molecule has 1 aliphatic carbocycles. The molecule has 0 unspecified atom stereocenters. The van der Waals surface area contributed by atoms with Gasteiger partial charge in [-0.3, -0.25) is 19.2 Å². The monoisotopic (exact) mass is 792 g/mol. The second-order valence-electron chi connectivity index (χ2n) is 15.4. The van der Waals surface area contributed by atoms with Crippen LogP contribution in [0.2, 0.25) is 0 Å². The van der Waals surface area contributed by atoms with Crippen molar-refractivity contribution in [3.8, 4) is 22.6 Å². The van der Waals surface area contributed by atoms with Gasteiger partial charge in [-0.25, -0.2) is 14.0 Å². The van der Waals surface area contributed by atoms with Crippen LogP contribution in [-0.4, -0.2) is 61.9 Å². The molecule has 0 radical (unpaired) electrons. The van der Waals surface area contributed by atoms with Crippen LogP contribution < -0.4 is 9.47 Å². The Morgan fingerprint density at radius 3 is 1.82 bits per heavy atom. The molecule has 1 aliphatic rings. The minimum Gasteiger partial charge on any atom is -0.492 e. The quantitative estimate of drug-likeness (QED) is 0.0266. The predicted molar refractivity (Wildman–Crippen MR) is 212 cm³/mol. The molecule has 12 heteroatoms. The average molecular weight is 793 g/mol. The van der Waals surface area contributed by atoms with Crippen molar-refractivity contribution in [1.82, 2.24) is 0 Å².